The molecule has 0 bridgehead atoms. The molecule has 0 unspecified atom stereocenters. The van der Waals surface area contributed by atoms with Gasteiger partial charge in [-0.3, -0.25) is 0 Å². The summed E-state index contributed by atoms with van der Waals surface area (Å²) in [4.78, 5) is 7.44. The first-order chi connectivity index (χ1) is 15.6. The molecule has 2 aliphatic heterocycles. The van der Waals surface area contributed by atoms with Crippen LogP contribution in [0.15, 0.2) is 83.9 Å². The molecule has 1 aromatic heterocycles. The van der Waals surface area contributed by atoms with Crippen molar-refractivity contribution in [1.82, 2.24) is 9.78 Å². The Hall–Kier alpha value is -3.63. The number of anilines is 1. The van der Waals surface area contributed by atoms with E-state index < -0.39 is 0 Å². The Morgan fingerprint density at radius 2 is 1.59 bits per heavy atom. The van der Waals surface area contributed by atoms with Gasteiger partial charge in [0.05, 0.1) is 23.1 Å². The van der Waals surface area contributed by atoms with E-state index in [9.17, 15) is 0 Å². The van der Waals surface area contributed by atoms with Gasteiger partial charge in [0.25, 0.3) is 0 Å². The number of hydrogen-bond donors (Lipinski definition) is 0. The highest BCUT2D eigenvalue weighted by atomic mass is 35.5. The fraction of sp³-hybridized carbons (Fsp3) is 0.111. The molecular weight excluding hydrogens is 416 g/mol. The molecule has 0 N–H and O–H groups in total. The summed E-state index contributed by atoms with van der Waals surface area (Å²) in [6.45, 7) is 4.18. The Bertz CT molecular complexity index is 1390. The van der Waals surface area contributed by atoms with Crippen molar-refractivity contribution in [2.24, 2.45) is 4.99 Å². The fourth-order valence-corrected chi connectivity index (χ4v) is 4.72. The van der Waals surface area contributed by atoms with Gasteiger partial charge in [-0.05, 0) is 67.5 Å². The molecule has 0 aliphatic carbocycles. The average Bonchev–Trinajstić information content (AvgIpc) is 3.14. The molecule has 5 heteroatoms. The lowest BCUT2D eigenvalue weighted by molar-refractivity contribution is 0.813. The van der Waals surface area contributed by atoms with Gasteiger partial charge >= 0.3 is 0 Å². The number of aryl methyl sites for hydroxylation is 2. The number of nitrogens with zero attached hydrogens (tertiary/aromatic N) is 4. The second kappa shape index (κ2) is 7.21. The number of hydrogen-bond acceptors (Lipinski definition) is 3. The highest BCUT2D eigenvalue weighted by Gasteiger charge is 2.37. The summed E-state index contributed by atoms with van der Waals surface area (Å²) >= 11 is 6.13. The van der Waals surface area contributed by atoms with Gasteiger partial charge < -0.3 is 4.90 Å². The minimum Gasteiger partial charge on any atom is -0.314 e. The molecule has 1 atom stereocenters. The first-order valence-corrected chi connectivity index (χ1v) is 11.0. The maximum atomic E-state index is 6.13. The maximum absolute atomic E-state index is 6.13. The van der Waals surface area contributed by atoms with E-state index in [2.05, 4.69) is 79.4 Å². The molecule has 0 saturated heterocycles. The maximum Gasteiger partial charge on any atom is 0.163 e. The minimum atomic E-state index is -0.0229. The summed E-state index contributed by atoms with van der Waals surface area (Å²) in [5, 5.41) is 5.62. The topological polar surface area (TPSA) is 33.4 Å². The summed E-state index contributed by atoms with van der Waals surface area (Å²) in [7, 11) is 0. The number of amidine groups is 1. The molecule has 4 aromatic rings. The Labute approximate surface area is 192 Å². The number of halogens is 1. The molecule has 3 aromatic carbocycles. The van der Waals surface area contributed by atoms with Crippen molar-refractivity contribution in [3.8, 4) is 5.69 Å². The van der Waals surface area contributed by atoms with Crippen molar-refractivity contribution < 1.29 is 0 Å². The standard InChI is InChI=1S/C27H21ClN4/c1-17-7-9-20(10-8-17)26-25-18(2)30-32(22-14-12-21(28)13-15-22)27(25)29-24-16-11-19-5-3-4-6-23(19)31(24)26/h3-16,26H,1-2H3/t26-/m1/s1. The highest BCUT2D eigenvalue weighted by Crippen LogP contribution is 2.46. The van der Waals surface area contributed by atoms with Crippen molar-refractivity contribution in [3.05, 3.63) is 112 Å². The molecule has 0 spiro atoms. The number of aromatic nitrogens is 2. The number of para-hydroxylation sites is 1. The van der Waals surface area contributed by atoms with E-state index >= 15 is 0 Å². The average molecular weight is 437 g/mol. The predicted octanol–water partition coefficient (Wildman–Crippen LogP) is 6.81. The zero-order valence-corrected chi connectivity index (χ0v) is 18.6. The minimum absolute atomic E-state index is 0.0229. The first kappa shape index (κ1) is 19.1. The summed E-state index contributed by atoms with van der Waals surface area (Å²) in [6.07, 6.45) is 4.23. The fourth-order valence-electron chi connectivity index (χ4n) is 4.60. The van der Waals surface area contributed by atoms with Gasteiger partial charge in [-0.15, -0.1) is 0 Å². The Kier molecular flexibility index (Phi) is 4.30. The van der Waals surface area contributed by atoms with Crippen LogP contribution in [0, 0.1) is 13.8 Å². The van der Waals surface area contributed by atoms with Crippen LogP contribution in [0.2, 0.25) is 5.02 Å². The highest BCUT2D eigenvalue weighted by molar-refractivity contribution is 6.30. The van der Waals surface area contributed by atoms with Crippen LogP contribution in [-0.4, -0.2) is 15.6 Å². The van der Waals surface area contributed by atoms with Crippen LogP contribution >= 0.6 is 11.6 Å². The quantitative estimate of drug-likeness (QED) is 0.346. The van der Waals surface area contributed by atoms with Crippen molar-refractivity contribution in [2.45, 2.75) is 19.9 Å². The third-order valence-corrected chi connectivity index (χ3v) is 6.40. The lowest BCUT2D eigenvalue weighted by atomic mass is 9.92. The van der Waals surface area contributed by atoms with Gasteiger partial charge in [0, 0.05) is 10.6 Å². The molecule has 0 radical (unpaired) electrons. The summed E-state index contributed by atoms with van der Waals surface area (Å²) < 4.78 is 1.93. The van der Waals surface area contributed by atoms with Crippen molar-refractivity contribution in [1.29, 1.82) is 0 Å². The normalized spacial score (nSPS) is 16.3. The van der Waals surface area contributed by atoms with Gasteiger partial charge in [0.15, 0.2) is 5.82 Å². The molecule has 3 heterocycles. The zero-order valence-electron chi connectivity index (χ0n) is 17.8. The smallest absolute Gasteiger partial charge is 0.163 e. The summed E-state index contributed by atoms with van der Waals surface area (Å²) in [5.41, 5.74) is 7.84. The lowest BCUT2D eigenvalue weighted by Gasteiger charge is -2.39. The summed E-state index contributed by atoms with van der Waals surface area (Å²) in [5.74, 6) is 1.78. The van der Waals surface area contributed by atoms with E-state index in [-0.39, 0.29) is 6.04 Å². The molecule has 0 amide bonds. The van der Waals surface area contributed by atoms with Crippen LogP contribution in [-0.2, 0) is 0 Å². The van der Waals surface area contributed by atoms with E-state index in [0.717, 1.165) is 34.3 Å². The van der Waals surface area contributed by atoms with E-state index in [1.165, 1.54) is 16.7 Å². The van der Waals surface area contributed by atoms with Gasteiger partial charge in [-0.25, -0.2) is 9.67 Å². The van der Waals surface area contributed by atoms with Crippen LogP contribution in [0.5, 0.6) is 0 Å². The van der Waals surface area contributed by atoms with Gasteiger partial charge in [-0.1, -0.05) is 59.6 Å². The molecule has 0 fully saturated rings. The van der Waals surface area contributed by atoms with Gasteiger partial charge in [-0.2, -0.15) is 5.10 Å². The molecule has 0 saturated carbocycles. The number of benzene rings is 3. The van der Waals surface area contributed by atoms with Crippen LogP contribution < -0.4 is 4.90 Å². The molecule has 32 heavy (non-hydrogen) atoms. The predicted molar refractivity (Wildman–Crippen MR) is 131 cm³/mol. The van der Waals surface area contributed by atoms with Crippen LogP contribution in [0.25, 0.3) is 11.8 Å². The van der Waals surface area contributed by atoms with Crippen LogP contribution in [0.3, 0.4) is 0 Å². The molecule has 156 valence electrons. The van der Waals surface area contributed by atoms with E-state index in [1.807, 2.05) is 28.9 Å². The first-order valence-electron chi connectivity index (χ1n) is 10.7. The second-order valence-corrected chi connectivity index (χ2v) is 8.69. The van der Waals surface area contributed by atoms with Crippen molar-refractivity contribution in [2.75, 3.05) is 4.90 Å². The van der Waals surface area contributed by atoms with Crippen LogP contribution in [0.1, 0.15) is 34.0 Å². The second-order valence-electron chi connectivity index (χ2n) is 8.26. The molecule has 4 nitrogen and oxygen atoms in total. The summed E-state index contributed by atoms with van der Waals surface area (Å²) in [6, 6.07) is 25.0. The van der Waals surface area contributed by atoms with E-state index in [1.54, 1.807) is 0 Å². The number of rotatable bonds is 2. The largest absolute Gasteiger partial charge is 0.314 e. The zero-order chi connectivity index (χ0) is 21.8. The molecule has 6 rings (SSSR count). The number of aliphatic imine (C=N–C) groups is 1. The Balaban J connectivity index is 1.62. The molecular formula is C27H21ClN4. The third kappa shape index (κ3) is 2.91. The van der Waals surface area contributed by atoms with E-state index in [4.69, 9.17) is 21.7 Å². The monoisotopic (exact) mass is 436 g/mol. The SMILES string of the molecule is Cc1ccc([C@@H]2c3c(C)nn(-c4ccc(Cl)cc4)c3N=C3C=Cc4ccccc4N32)cc1. The Morgan fingerprint density at radius 3 is 2.38 bits per heavy atom. The van der Waals surface area contributed by atoms with Crippen molar-refractivity contribution in [3.63, 3.8) is 0 Å². The Morgan fingerprint density at radius 1 is 0.844 bits per heavy atom. The van der Waals surface area contributed by atoms with Gasteiger partial charge in [0.2, 0.25) is 0 Å². The lowest BCUT2D eigenvalue weighted by Crippen LogP contribution is -2.38. The number of fused-ring (bicyclic) bond motifs is 4. The van der Waals surface area contributed by atoms with Gasteiger partial charge in [0.1, 0.15) is 5.84 Å². The van der Waals surface area contributed by atoms with E-state index in [0.29, 0.717) is 5.02 Å². The van der Waals surface area contributed by atoms with Crippen LogP contribution in [0.4, 0.5) is 11.5 Å². The van der Waals surface area contributed by atoms with Crippen molar-refractivity contribution >= 4 is 35.0 Å². The third-order valence-electron chi connectivity index (χ3n) is 6.15. The molecule has 2 aliphatic rings.